The average Bonchev–Trinajstić information content (AvgIpc) is 2.63. The van der Waals surface area contributed by atoms with Crippen LogP contribution in [0.5, 0.6) is 5.75 Å². The van der Waals surface area contributed by atoms with Crippen LogP contribution in [0.15, 0.2) is 41.3 Å². The summed E-state index contributed by atoms with van der Waals surface area (Å²) < 4.78 is 32.6. The number of anilines is 1. The summed E-state index contributed by atoms with van der Waals surface area (Å²) in [6.07, 6.45) is 0.704. The lowest BCUT2D eigenvalue weighted by molar-refractivity contribution is -0.118. The van der Waals surface area contributed by atoms with Crippen LogP contribution in [0.2, 0.25) is 0 Å². The number of hydrogen-bond acceptors (Lipinski definition) is 4. The van der Waals surface area contributed by atoms with Gasteiger partial charge in [-0.1, -0.05) is 24.6 Å². The molecule has 0 aliphatic rings. The fourth-order valence-electron chi connectivity index (χ4n) is 2.83. The van der Waals surface area contributed by atoms with Crippen LogP contribution < -0.4 is 14.8 Å². The van der Waals surface area contributed by atoms with Gasteiger partial charge in [-0.25, -0.2) is 13.1 Å². The fraction of sp³-hybridized carbons (Fsp3) is 0.381. The zero-order chi connectivity index (χ0) is 20.9. The summed E-state index contributed by atoms with van der Waals surface area (Å²) in [6.45, 7) is 9.47. The molecule has 2 rings (SSSR count). The molecular formula is C21H28N2O4S. The highest BCUT2D eigenvalue weighted by Crippen LogP contribution is 2.22. The molecule has 2 aromatic rings. The minimum atomic E-state index is -3.56. The van der Waals surface area contributed by atoms with Crippen LogP contribution in [-0.4, -0.2) is 27.0 Å². The molecule has 6 nitrogen and oxygen atoms in total. The number of carbonyl (C=O) groups excluding carboxylic acids is 1. The van der Waals surface area contributed by atoms with Crippen LogP contribution in [0.3, 0.4) is 0 Å². The van der Waals surface area contributed by atoms with Crippen molar-refractivity contribution in [2.45, 2.75) is 52.0 Å². The van der Waals surface area contributed by atoms with Crippen LogP contribution in [-0.2, 0) is 14.8 Å². The molecule has 0 fully saturated rings. The molecule has 0 radical (unpaired) electrons. The zero-order valence-corrected chi connectivity index (χ0v) is 17.8. The fourth-order valence-corrected chi connectivity index (χ4v) is 4.16. The van der Waals surface area contributed by atoms with Gasteiger partial charge in [-0.15, -0.1) is 0 Å². The molecule has 1 atom stereocenters. The summed E-state index contributed by atoms with van der Waals surface area (Å²) in [5, 5.41) is 2.87. The molecule has 1 amide bonds. The van der Waals surface area contributed by atoms with Crippen molar-refractivity contribution in [1.82, 2.24) is 4.72 Å². The van der Waals surface area contributed by atoms with Gasteiger partial charge in [-0.05, 0) is 69.5 Å². The highest BCUT2D eigenvalue weighted by atomic mass is 32.2. The predicted molar refractivity (Wildman–Crippen MR) is 111 cm³/mol. The van der Waals surface area contributed by atoms with E-state index < -0.39 is 10.0 Å². The maximum Gasteiger partial charge on any atom is 0.262 e. The van der Waals surface area contributed by atoms with Gasteiger partial charge in [0.05, 0.1) is 4.90 Å². The Balaban J connectivity index is 1.97. The molecule has 0 aliphatic heterocycles. The summed E-state index contributed by atoms with van der Waals surface area (Å²) in [6, 6.07) is 9.89. The first-order valence-electron chi connectivity index (χ1n) is 9.25. The van der Waals surface area contributed by atoms with E-state index in [-0.39, 0.29) is 23.5 Å². The van der Waals surface area contributed by atoms with Gasteiger partial charge in [0.1, 0.15) is 5.75 Å². The molecule has 0 bridgehead atoms. The van der Waals surface area contributed by atoms with E-state index in [0.29, 0.717) is 12.2 Å². The van der Waals surface area contributed by atoms with Gasteiger partial charge >= 0.3 is 0 Å². The Labute approximate surface area is 167 Å². The van der Waals surface area contributed by atoms with Crippen LogP contribution in [0.4, 0.5) is 5.69 Å². The summed E-state index contributed by atoms with van der Waals surface area (Å²) in [5.41, 5.74) is 3.92. The van der Waals surface area contributed by atoms with Gasteiger partial charge in [0, 0.05) is 11.7 Å². The predicted octanol–water partition coefficient (Wildman–Crippen LogP) is 3.71. The molecular weight excluding hydrogens is 376 g/mol. The molecule has 152 valence electrons. The first kappa shape index (κ1) is 21.9. The van der Waals surface area contributed by atoms with Crippen molar-refractivity contribution >= 4 is 21.6 Å². The second-order valence-electron chi connectivity index (χ2n) is 7.01. The van der Waals surface area contributed by atoms with E-state index in [9.17, 15) is 13.2 Å². The van der Waals surface area contributed by atoms with Gasteiger partial charge in [0.15, 0.2) is 6.61 Å². The number of carbonyl (C=O) groups is 1. The van der Waals surface area contributed by atoms with Gasteiger partial charge in [-0.3, -0.25) is 4.79 Å². The Hall–Kier alpha value is -2.38. The molecule has 0 heterocycles. The molecule has 0 unspecified atom stereocenters. The minimum absolute atomic E-state index is 0.140. The normalized spacial score (nSPS) is 12.5. The number of benzene rings is 2. The Bertz CT molecular complexity index is 914. The first-order valence-corrected chi connectivity index (χ1v) is 10.7. The second kappa shape index (κ2) is 9.21. The highest BCUT2D eigenvalue weighted by Gasteiger charge is 2.16. The third-order valence-electron chi connectivity index (χ3n) is 4.41. The van der Waals surface area contributed by atoms with Crippen molar-refractivity contribution < 1.29 is 17.9 Å². The van der Waals surface area contributed by atoms with Crippen LogP contribution in [0.25, 0.3) is 0 Å². The van der Waals surface area contributed by atoms with Crippen LogP contribution >= 0.6 is 0 Å². The highest BCUT2D eigenvalue weighted by molar-refractivity contribution is 7.89. The number of hydrogen-bond donors (Lipinski definition) is 2. The summed E-state index contributed by atoms with van der Waals surface area (Å²) in [5.74, 6) is 0.153. The SMILES string of the molecule is CC[C@H](C)NS(=O)(=O)c1ccc(OCC(=O)Nc2c(C)cc(C)cc2C)cc1. The van der Waals surface area contributed by atoms with E-state index in [4.69, 9.17) is 4.74 Å². The maximum atomic E-state index is 12.3. The van der Waals surface area contributed by atoms with E-state index in [1.165, 1.54) is 12.1 Å². The van der Waals surface area contributed by atoms with Gasteiger partial charge in [0.2, 0.25) is 10.0 Å². The lowest BCUT2D eigenvalue weighted by Crippen LogP contribution is -2.31. The van der Waals surface area contributed by atoms with E-state index in [0.717, 1.165) is 22.4 Å². The molecule has 2 aromatic carbocycles. The quantitative estimate of drug-likeness (QED) is 0.702. The van der Waals surface area contributed by atoms with Gasteiger partial charge in [-0.2, -0.15) is 0 Å². The maximum absolute atomic E-state index is 12.3. The van der Waals surface area contributed by atoms with Crippen molar-refractivity contribution in [3.05, 3.63) is 53.1 Å². The van der Waals surface area contributed by atoms with Gasteiger partial charge < -0.3 is 10.1 Å². The van der Waals surface area contributed by atoms with Crippen molar-refractivity contribution in [3.8, 4) is 5.75 Å². The van der Waals surface area contributed by atoms with Crippen molar-refractivity contribution in [1.29, 1.82) is 0 Å². The summed E-state index contributed by atoms with van der Waals surface area (Å²) in [7, 11) is -3.56. The Morgan fingerprint density at radius 1 is 1.07 bits per heavy atom. The largest absolute Gasteiger partial charge is 0.484 e. The molecule has 0 spiro atoms. The third-order valence-corrected chi connectivity index (χ3v) is 6.02. The standard InChI is InChI=1S/C21H28N2O4S/c1-6-17(5)23-28(25,26)19-9-7-18(8-10-19)27-13-20(24)22-21-15(3)11-14(2)12-16(21)4/h7-12,17,23H,6,13H2,1-5H3,(H,22,24)/t17-/m0/s1. The number of rotatable bonds is 8. The third kappa shape index (κ3) is 5.81. The molecule has 2 N–H and O–H groups in total. The topological polar surface area (TPSA) is 84.5 Å². The smallest absolute Gasteiger partial charge is 0.262 e. The number of amides is 1. The molecule has 0 aliphatic carbocycles. The Kier molecular flexibility index (Phi) is 7.21. The van der Waals surface area contributed by atoms with E-state index >= 15 is 0 Å². The summed E-state index contributed by atoms with van der Waals surface area (Å²) in [4.78, 5) is 12.4. The zero-order valence-electron chi connectivity index (χ0n) is 17.0. The van der Waals surface area contributed by atoms with E-state index in [2.05, 4.69) is 10.0 Å². The van der Waals surface area contributed by atoms with Crippen LogP contribution in [0.1, 0.15) is 37.0 Å². The summed E-state index contributed by atoms with van der Waals surface area (Å²) >= 11 is 0. The lowest BCUT2D eigenvalue weighted by Gasteiger charge is -2.14. The number of aryl methyl sites for hydroxylation is 3. The second-order valence-corrected chi connectivity index (χ2v) is 8.73. The number of sulfonamides is 1. The van der Waals surface area contributed by atoms with E-state index in [1.807, 2.05) is 46.8 Å². The minimum Gasteiger partial charge on any atom is -0.484 e. The van der Waals surface area contributed by atoms with Crippen LogP contribution in [0, 0.1) is 20.8 Å². The average molecular weight is 405 g/mol. The first-order chi connectivity index (χ1) is 13.1. The van der Waals surface area contributed by atoms with E-state index in [1.54, 1.807) is 12.1 Å². The number of ether oxygens (including phenoxy) is 1. The molecule has 0 saturated carbocycles. The number of nitrogens with one attached hydrogen (secondary N) is 2. The van der Waals surface area contributed by atoms with Crippen molar-refractivity contribution in [2.75, 3.05) is 11.9 Å². The molecule has 28 heavy (non-hydrogen) atoms. The monoisotopic (exact) mass is 404 g/mol. The molecule has 7 heteroatoms. The van der Waals surface area contributed by atoms with Crippen molar-refractivity contribution in [2.24, 2.45) is 0 Å². The lowest BCUT2D eigenvalue weighted by atomic mass is 10.1. The van der Waals surface area contributed by atoms with Gasteiger partial charge in [0.25, 0.3) is 5.91 Å². The van der Waals surface area contributed by atoms with Crippen molar-refractivity contribution in [3.63, 3.8) is 0 Å². The Morgan fingerprint density at radius 3 is 2.18 bits per heavy atom. The molecule has 0 saturated heterocycles. The Morgan fingerprint density at radius 2 is 1.64 bits per heavy atom. The molecule has 0 aromatic heterocycles.